The zero-order chi connectivity index (χ0) is 13.8. The van der Waals surface area contributed by atoms with E-state index >= 15 is 0 Å². The van der Waals surface area contributed by atoms with Crippen molar-refractivity contribution in [2.75, 3.05) is 0 Å². The molecule has 0 saturated heterocycles. The molecule has 1 atom stereocenters. The first-order valence-corrected chi connectivity index (χ1v) is 7.65. The number of amides is 1. The number of allylic oxidation sites excluding steroid dienone is 2. The molecular formula is C13H14Cl2N2OS. The highest BCUT2D eigenvalue weighted by Gasteiger charge is 2.27. The van der Waals surface area contributed by atoms with E-state index in [0.717, 1.165) is 5.69 Å². The average molecular weight is 317 g/mol. The third-order valence-electron chi connectivity index (χ3n) is 2.74. The highest BCUT2D eigenvalue weighted by molar-refractivity contribution is 7.09. The van der Waals surface area contributed by atoms with Crippen molar-refractivity contribution < 1.29 is 4.79 Å². The molecule has 1 aromatic rings. The number of carbonyl (C=O) groups is 1. The highest BCUT2D eigenvalue weighted by atomic mass is 35.5. The van der Waals surface area contributed by atoms with Crippen LogP contribution in [-0.2, 0) is 4.79 Å². The van der Waals surface area contributed by atoms with Gasteiger partial charge in [0.1, 0.15) is 4.49 Å². The molecule has 6 heteroatoms. The molecule has 1 fully saturated rings. The van der Waals surface area contributed by atoms with Crippen molar-refractivity contribution in [2.24, 2.45) is 0 Å². The van der Waals surface area contributed by atoms with Gasteiger partial charge in [0, 0.05) is 17.4 Å². The highest BCUT2D eigenvalue weighted by Crippen LogP contribution is 2.41. The van der Waals surface area contributed by atoms with E-state index in [1.54, 1.807) is 11.3 Å². The molecule has 19 heavy (non-hydrogen) atoms. The fourth-order valence-electron chi connectivity index (χ4n) is 1.56. The van der Waals surface area contributed by atoms with Crippen LogP contribution in [0, 0.1) is 0 Å². The van der Waals surface area contributed by atoms with Gasteiger partial charge < -0.3 is 5.32 Å². The molecule has 1 heterocycles. The van der Waals surface area contributed by atoms with Crippen LogP contribution < -0.4 is 5.32 Å². The Kier molecular flexibility index (Phi) is 5.02. The van der Waals surface area contributed by atoms with Gasteiger partial charge in [-0.2, -0.15) is 0 Å². The van der Waals surface area contributed by atoms with Crippen molar-refractivity contribution in [2.45, 2.75) is 31.7 Å². The van der Waals surface area contributed by atoms with Gasteiger partial charge in [0.05, 0.1) is 16.7 Å². The van der Waals surface area contributed by atoms with E-state index < -0.39 is 0 Å². The molecule has 102 valence electrons. The Hall–Kier alpha value is -0.840. The number of hydrogen-bond donors (Lipinski definition) is 1. The summed E-state index contributed by atoms with van der Waals surface area (Å²) in [6.45, 7) is 1.92. The van der Waals surface area contributed by atoms with Crippen LogP contribution in [0.15, 0.2) is 28.1 Å². The lowest BCUT2D eigenvalue weighted by Gasteiger charge is -2.09. The van der Waals surface area contributed by atoms with Gasteiger partial charge in [0.2, 0.25) is 5.91 Å². The van der Waals surface area contributed by atoms with Gasteiger partial charge in [-0.1, -0.05) is 29.3 Å². The SMILES string of the molecule is CC(NC(=O)/C=C/C=C(Cl)Cl)c1csc(C2CC2)n1. The van der Waals surface area contributed by atoms with Crippen molar-refractivity contribution in [3.63, 3.8) is 0 Å². The van der Waals surface area contributed by atoms with Crippen LogP contribution in [0.5, 0.6) is 0 Å². The molecule has 1 aliphatic rings. The molecule has 1 aliphatic carbocycles. The Morgan fingerprint density at radius 2 is 2.32 bits per heavy atom. The number of rotatable bonds is 5. The van der Waals surface area contributed by atoms with Gasteiger partial charge in [-0.05, 0) is 25.8 Å². The van der Waals surface area contributed by atoms with E-state index in [0.29, 0.717) is 5.92 Å². The van der Waals surface area contributed by atoms with E-state index in [9.17, 15) is 4.79 Å². The molecule has 1 amide bonds. The van der Waals surface area contributed by atoms with Gasteiger partial charge in [-0.15, -0.1) is 11.3 Å². The lowest BCUT2D eigenvalue weighted by Crippen LogP contribution is -2.24. The Morgan fingerprint density at radius 1 is 1.58 bits per heavy atom. The monoisotopic (exact) mass is 316 g/mol. The Labute approximate surface area is 126 Å². The standard InChI is InChI=1S/C13H14Cl2N2OS/c1-8(16-12(18)4-2-3-11(14)15)10-7-19-13(17-10)9-5-6-9/h2-4,7-9H,5-6H2,1H3,(H,16,18)/b4-2+. The van der Waals surface area contributed by atoms with Gasteiger partial charge in [0.15, 0.2) is 0 Å². The number of carbonyl (C=O) groups excluding carboxylic acids is 1. The summed E-state index contributed by atoms with van der Waals surface area (Å²) < 4.78 is 0.116. The summed E-state index contributed by atoms with van der Waals surface area (Å²) in [6.07, 6.45) is 6.81. The first-order chi connectivity index (χ1) is 9.06. The van der Waals surface area contributed by atoms with Crippen LogP contribution in [-0.4, -0.2) is 10.9 Å². The summed E-state index contributed by atoms with van der Waals surface area (Å²) in [4.78, 5) is 16.2. The minimum absolute atomic E-state index is 0.101. The largest absolute Gasteiger partial charge is 0.344 e. The third-order valence-corrected chi connectivity index (χ3v) is 4.02. The Balaban J connectivity index is 1.88. The fourth-order valence-corrected chi connectivity index (χ4v) is 2.79. The number of hydrogen-bond acceptors (Lipinski definition) is 3. The summed E-state index contributed by atoms with van der Waals surface area (Å²) in [5, 5.41) is 6.04. The van der Waals surface area contributed by atoms with Crippen LogP contribution in [0.3, 0.4) is 0 Å². The van der Waals surface area contributed by atoms with Crippen LogP contribution >= 0.6 is 34.5 Å². The maximum Gasteiger partial charge on any atom is 0.244 e. The smallest absolute Gasteiger partial charge is 0.244 e. The second-order valence-electron chi connectivity index (χ2n) is 4.43. The summed E-state index contributed by atoms with van der Waals surface area (Å²) >= 11 is 12.5. The normalized spacial score (nSPS) is 16.4. The Bertz CT molecular complexity index is 516. The van der Waals surface area contributed by atoms with Gasteiger partial charge in [0.25, 0.3) is 0 Å². The van der Waals surface area contributed by atoms with Gasteiger partial charge in [-0.25, -0.2) is 4.98 Å². The molecule has 1 saturated carbocycles. The molecule has 1 aromatic heterocycles. The average Bonchev–Trinajstić information content (AvgIpc) is 3.06. The molecule has 2 rings (SSSR count). The van der Waals surface area contributed by atoms with E-state index in [-0.39, 0.29) is 16.4 Å². The van der Waals surface area contributed by atoms with E-state index in [1.807, 2.05) is 12.3 Å². The molecule has 0 aromatic carbocycles. The zero-order valence-corrected chi connectivity index (χ0v) is 12.7. The zero-order valence-electron chi connectivity index (χ0n) is 10.4. The molecule has 0 spiro atoms. The van der Waals surface area contributed by atoms with Gasteiger partial charge in [-0.3, -0.25) is 4.79 Å². The maximum absolute atomic E-state index is 11.6. The number of aromatic nitrogens is 1. The predicted molar refractivity (Wildman–Crippen MR) is 79.6 cm³/mol. The third kappa shape index (κ3) is 4.64. The summed E-state index contributed by atoms with van der Waals surface area (Å²) in [6, 6.07) is -0.101. The second-order valence-corrected chi connectivity index (χ2v) is 6.33. The summed E-state index contributed by atoms with van der Waals surface area (Å²) in [5.41, 5.74) is 0.916. The molecule has 0 radical (unpaired) electrons. The summed E-state index contributed by atoms with van der Waals surface area (Å²) in [5.74, 6) is 0.455. The number of thiazole rings is 1. The van der Waals surface area contributed by atoms with E-state index in [1.165, 1.54) is 36.1 Å². The lowest BCUT2D eigenvalue weighted by atomic mass is 10.2. The first-order valence-electron chi connectivity index (χ1n) is 6.01. The van der Waals surface area contributed by atoms with Crippen molar-refractivity contribution in [1.29, 1.82) is 0 Å². The van der Waals surface area contributed by atoms with Crippen LogP contribution in [0.25, 0.3) is 0 Å². The Morgan fingerprint density at radius 3 is 2.95 bits per heavy atom. The van der Waals surface area contributed by atoms with Crippen molar-refractivity contribution in [1.82, 2.24) is 10.3 Å². The quantitative estimate of drug-likeness (QED) is 0.657. The molecule has 1 unspecified atom stereocenters. The topological polar surface area (TPSA) is 42.0 Å². The van der Waals surface area contributed by atoms with E-state index in [4.69, 9.17) is 23.2 Å². The second kappa shape index (κ2) is 6.55. The maximum atomic E-state index is 11.6. The minimum Gasteiger partial charge on any atom is -0.344 e. The van der Waals surface area contributed by atoms with Crippen molar-refractivity contribution in [3.8, 4) is 0 Å². The molecule has 0 aliphatic heterocycles. The minimum atomic E-state index is -0.195. The number of nitrogens with zero attached hydrogens (tertiary/aromatic N) is 1. The molecule has 3 nitrogen and oxygen atoms in total. The van der Waals surface area contributed by atoms with Crippen molar-refractivity contribution in [3.05, 3.63) is 38.8 Å². The van der Waals surface area contributed by atoms with Crippen molar-refractivity contribution >= 4 is 40.4 Å². The van der Waals surface area contributed by atoms with Gasteiger partial charge >= 0.3 is 0 Å². The van der Waals surface area contributed by atoms with Crippen LogP contribution in [0.2, 0.25) is 0 Å². The number of nitrogens with one attached hydrogen (secondary N) is 1. The molecule has 1 N–H and O–H groups in total. The first kappa shape index (κ1) is 14.6. The predicted octanol–water partition coefficient (Wildman–Crippen LogP) is 4.07. The summed E-state index contributed by atoms with van der Waals surface area (Å²) in [7, 11) is 0. The van der Waals surface area contributed by atoms with Crippen LogP contribution in [0.1, 0.15) is 42.4 Å². The van der Waals surface area contributed by atoms with E-state index in [2.05, 4.69) is 10.3 Å². The number of halogens is 2. The lowest BCUT2D eigenvalue weighted by molar-refractivity contribution is -0.117. The molecular weight excluding hydrogens is 303 g/mol. The fraction of sp³-hybridized carbons (Fsp3) is 0.385. The van der Waals surface area contributed by atoms with Crippen LogP contribution in [0.4, 0.5) is 0 Å². The molecule has 0 bridgehead atoms.